The molecule has 0 bridgehead atoms. The number of carbonyl (C=O) groups excluding carboxylic acids is 1. The van der Waals surface area contributed by atoms with Gasteiger partial charge in [-0.1, -0.05) is 38.1 Å². The van der Waals surface area contributed by atoms with Crippen LogP contribution in [0.3, 0.4) is 0 Å². The van der Waals surface area contributed by atoms with E-state index in [9.17, 15) is 4.79 Å². The number of hydrogen-bond acceptors (Lipinski definition) is 7. The molecule has 2 N–H and O–H groups in total. The maximum absolute atomic E-state index is 12.2. The van der Waals surface area contributed by atoms with Crippen LogP contribution in [0, 0.1) is 5.92 Å². The van der Waals surface area contributed by atoms with Crippen molar-refractivity contribution < 1.29 is 9.53 Å². The molecular weight excluding hydrogens is 392 g/mol. The summed E-state index contributed by atoms with van der Waals surface area (Å²) in [7, 11) is 0. The lowest BCUT2D eigenvalue weighted by molar-refractivity contribution is 0.140. The molecule has 1 saturated heterocycles. The van der Waals surface area contributed by atoms with Gasteiger partial charge in [-0.3, -0.25) is 9.80 Å². The first-order valence-electron chi connectivity index (χ1n) is 11.1. The van der Waals surface area contributed by atoms with Gasteiger partial charge in [0.15, 0.2) is 0 Å². The van der Waals surface area contributed by atoms with Gasteiger partial charge in [0.05, 0.1) is 11.6 Å². The molecule has 2 aromatic rings. The monoisotopic (exact) mass is 424 g/mol. The molecule has 0 radical (unpaired) electrons. The number of nitrogens with zero attached hydrogens (tertiary/aromatic N) is 4. The molecule has 1 fully saturated rings. The first kappa shape index (κ1) is 21.5. The number of rotatable bonds is 7. The highest BCUT2D eigenvalue weighted by atomic mass is 16.6. The van der Waals surface area contributed by atoms with Gasteiger partial charge in [-0.05, 0) is 24.0 Å². The molecule has 2 aliphatic heterocycles. The molecular formula is C23H32N6O2. The van der Waals surface area contributed by atoms with Crippen molar-refractivity contribution in [3.8, 4) is 0 Å². The van der Waals surface area contributed by atoms with Gasteiger partial charge in [0, 0.05) is 45.5 Å². The van der Waals surface area contributed by atoms with Crippen molar-refractivity contribution in [2.45, 2.75) is 40.0 Å². The predicted octanol–water partition coefficient (Wildman–Crippen LogP) is 3.17. The Hall–Kier alpha value is -2.71. The summed E-state index contributed by atoms with van der Waals surface area (Å²) in [5.74, 6) is 1.46. The van der Waals surface area contributed by atoms with Crippen LogP contribution in [0.4, 0.5) is 16.6 Å². The van der Waals surface area contributed by atoms with E-state index in [4.69, 9.17) is 4.74 Å². The van der Waals surface area contributed by atoms with Crippen LogP contribution >= 0.6 is 0 Å². The Labute approximate surface area is 184 Å². The number of piperazine rings is 1. The van der Waals surface area contributed by atoms with Gasteiger partial charge >= 0.3 is 6.09 Å². The summed E-state index contributed by atoms with van der Waals surface area (Å²) >= 11 is 0. The normalized spacial score (nSPS) is 17.9. The summed E-state index contributed by atoms with van der Waals surface area (Å²) in [5.41, 5.74) is 3.32. The van der Waals surface area contributed by atoms with E-state index in [-0.39, 0.29) is 18.7 Å². The van der Waals surface area contributed by atoms with Crippen LogP contribution < -0.4 is 15.5 Å². The number of benzene rings is 1. The van der Waals surface area contributed by atoms with Gasteiger partial charge < -0.3 is 15.4 Å². The van der Waals surface area contributed by atoms with Gasteiger partial charge in [-0.2, -0.15) is 4.98 Å². The first-order valence-corrected chi connectivity index (χ1v) is 11.1. The lowest BCUT2D eigenvalue weighted by atomic mass is 10.1. The van der Waals surface area contributed by atoms with Crippen LogP contribution in [0.2, 0.25) is 0 Å². The fourth-order valence-corrected chi connectivity index (χ4v) is 3.95. The van der Waals surface area contributed by atoms with Crippen molar-refractivity contribution in [3.63, 3.8) is 0 Å². The number of aromatic nitrogens is 2. The Kier molecular flexibility index (Phi) is 6.67. The number of carbonyl (C=O) groups is 1. The molecule has 1 aromatic heterocycles. The second kappa shape index (κ2) is 9.62. The Morgan fingerprint density at radius 3 is 2.61 bits per heavy atom. The summed E-state index contributed by atoms with van der Waals surface area (Å²) in [4.78, 5) is 25.4. The van der Waals surface area contributed by atoms with E-state index in [0.29, 0.717) is 24.2 Å². The number of cyclic esters (lactones) is 1. The lowest BCUT2D eigenvalue weighted by Gasteiger charge is -2.29. The average molecular weight is 425 g/mol. The van der Waals surface area contributed by atoms with E-state index in [0.717, 1.165) is 38.3 Å². The zero-order valence-corrected chi connectivity index (χ0v) is 18.6. The van der Waals surface area contributed by atoms with Crippen LogP contribution in [0.5, 0.6) is 0 Å². The second-order valence-corrected chi connectivity index (χ2v) is 8.74. The van der Waals surface area contributed by atoms with Crippen LogP contribution in [0.1, 0.15) is 43.5 Å². The van der Waals surface area contributed by atoms with Crippen molar-refractivity contribution in [2.24, 2.45) is 5.92 Å². The first-order chi connectivity index (χ1) is 15.0. The quantitative estimate of drug-likeness (QED) is 0.706. The molecule has 31 heavy (non-hydrogen) atoms. The van der Waals surface area contributed by atoms with Crippen molar-refractivity contribution >= 4 is 17.9 Å². The number of hydrogen-bond donors (Lipinski definition) is 2. The summed E-state index contributed by atoms with van der Waals surface area (Å²) in [6.45, 7) is 12.3. The highest BCUT2D eigenvalue weighted by Gasteiger charge is 2.28. The minimum atomic E-state index is -0.348. The number of anilines is 2. The van der Waals surface area contributed by atoms with E-state index < -0.39 is 0 Å². The molecule has 1 amide bonds. The highest BCUT2D eigenvalue weighted by molar-refractivity contribution is 5.89. The standard InChI is InChI=1S/C23H32N6O2/c1-16(2)13-29-21-20(15-31-23(29)30)12-25-22(27-21)26-17(3)19-6-4-18(5-7-19)14-28-10-8-24-9-11-28/h4-7,12,16-17,24H,8-11,13-15H2,1-3H3,(H,25,26,27). The van der Waals surface area contributed by atoms with Gasteiger partial charge in [-0.15, -0.1) is 0 Å². The third-order valence-corrected chi connectivity index (χ3v) is 5.66. The Balaban J connectivity index is 1.43. The van der Waals surface area contributed by atoms with Crippen LogP contribution in [-0.4, -0.2) is 53.7 Å². The average Bonchev–Trinajstić information content (AvgIpc) is 2.77. The van der Waals surface area contributed by atoms with E-state index in [1.165, 1.54) is 11.1 Å². The summed E-state index contributed by atoms with van der Waals surface area (Å²) in [6, 6.07) is 8.76. The Morgan fingerprint density at radius 2 is 1.90 bits per heavy atom. The van der Waals surface area contributed by atoms with E-state index in [1.54, 1.807) is 11.1 Å². The zero-order valence-electron chi connectivity index (χ0n) is 18.6. The van der Waals surface area contributed by atoms with E-state index in [2.05, 4.69) is 70.5 Å². The van der Waals surface area contributed by atoms with Gasteiger partial charge in [0.25, 0.3) is 0 Å². The predicted molar refractivity (Wildman–Crippen MR) is 121 cm³/mol. The summed E-state index contributed by atoms with van der Waals surface area (Å²) in [5, 5.41) is 6.77. The van der Waals surface area contributed by atoms with Gasteiger partial charge in [-0.25, -0.2) is 9.78 Å². The maximum Gasteiger partial charge on any atom is 0.415 e. The molecule has 8 heteroatoms. The molecule has 0 aliphatic carbocycles. The van der Waals surface area contributed by atoms with Crippen LogP contribution in [0.15, 0.2) is 30.5 Å². The van der Waals surface area contributed by atoms with Gasteiger partial charge in [0.2, 0.25) is 5.95 Å². The van der Waals surface area contributed by atoms with Crippen molar-refractivity contribution in [2.75, 3.05) is 42.9 Å². The molecule has 0 saturated carbocycles. The Morgan fingerprint density at radius 1 is 1.16 bits per heavy atom. The fourth-order valence-electron chi connectivity index (χ4n) is 3.95. The largest absolute Gasteiger partial charge is 0.444 e. The molecule has 1 aromatic carbocycles. The minimum absolute atomic E-state index is 0.0420. The lowest BCUT2D eigenvalue weighted by Crippen LogP contribution is -2.42. The zero-order chi connectivity index (χ0) is 21.8. The number of nitrogens with one attached hydrogen (secondary N) is 2. The third-order valence-electron chi connectivity index (χ3n) is 5.66. The van der Waals surface area contributed by atoms with E-state index in [1.807, 2.05) is 0 Å². The number of amides is 1. The van der Waals surface area contributed by atoms with Crippen LogP contribution in [0.25, 0.3) is 0 Å². The highest BCUT2D eigenvalue weighted by Crippen LogP contribution is 2.27. The minimum Gasteiger partial charge on any atom is -0.444 e. The topological polar surface area (TPSA) is 82.6 Å². The van der Waals surface area contributed by atoms with Crippen LogP contribution in [-0.2, 0) is 17.9 Å². The molecule has 4 rings (SSSR count). The molecule has 0 spiro atoms. The summed E-state index contributed by atoms with van der Waals surface area (Å²) < 4.78 is 5.25. The molecule has 3 heterocycles. The van der Waals surface area contributed by atoms with Crippen molar-refractivity contribution in [3.05, 3.63) is 47.2 Å². The molecule has 2 aliphatic rings. The maximum atomic E-state index is 12.2. The second-order valence-electron chi connectivity index (χ2n) is 8.74. The van der Waals surface area contributed by atoms with E-state index >= 15 is 0 Å². The molecule has 1 unspecified atom stereocenters. The smallest absolute Gasteiger partial charge is 0.415 e. The van der Waals surface area contributed by atoms with Crippen molar-refractivity contribution in [1.82, 2.24) is 20.2 Å². The Bertz CT molecular complexity index is 895. The SMILES string of the molecule is CC(C)CN1C(=O)OCc2cnc(NC(C)c3ccc(CN4CCNCC4)cc3)nc21. The number of ether oxygens (including phenoxy) is 1. The molecule has 1 atom stereocenters. The molecule has 166 valence electrons. The molecule has 8 nitrogen and oxygen atoms in total. The van der Waals surface area contributed by atoms with Crippen molar-refractivity contribution in [1.29, 1.82) is 0 Å². The third kappa shape index (κ3) is 5.32. The fraction of sp³-hybridized carbons (Fsp3) is 0.522. The summed E-state index contributed by atoms with van der Waals surface area (Å²) in [6.07, 6.45) is 1.40. The van der Waals surface area contributed by atoms with Gasteiger partial charge in [0.1, 0.15) is 12.4 Å². The number of fused-ring (bicyclic) bond motifs is 1.